The summed E-state index contributed by atoms with van der Waals surface area (Å²) in [7, 11) is 0. The van der Waals surface area contributed by atoms with Crippen LogP contribution in [-0.4, -0.2) is 48.9 Å². The number of nitrogens with zero attached hydrogens (tertiary/aromatic N) is 5. The summed E-state index contributed by atoms with van der Waals surface area (Å²) < 4.78 is 9.58. The number of pyridine rings is 1. The molecule has 1 fully saturated rings. The van der Waals surface area contributed by atoms with Crippen molar-refractivity contribution in [2.24, 2.45) is 5.92 Å². The number of ether oxygens (including phenoxy) is 1. The quantitative estimate of drug-likeness (QED) is 0.666. The first-order chi connectivity index (χ1) is 14.4. The van der Waals surface area contributed by atoms with E-state index in [-0.39, 0.29) is 23.5 Å². The van der Waals surface area contributed by atoms with Crippen molar-refractivity contribution in [3.05, 3.63) is 46.8 Å². The maximum Gasteiger partial charge on any atom is 0.258 e. The number of rotatable bonds is 3. The van der Waals surface area contributed by atoms with Crippen LogP contribution in [0.2, 0.25) is 0 Å². The lowest BCUT2D eigenvalue weighted by Gasteiger charge is -2.42. The summed E-state index contributed by atoms with van der Waals surface area (Å²) >= 11 is 0. The molecule has 2 atom stereocenters. The Bertz CT molecular complexity index is 1200. The Morgan fingerprint density at radius 1 is 1.20 bits per heavy atom. The molecule has 0 aromatic carbocycles. The van der Waals surface area contributed by atoms with E-state index in [1.54, 1.807) is 25.4 Å². The molecule has 8 nitrogen and oxygen atoms in total. The van der Waals surface area contributed by atoms with Crippen LogP contribution >= 0.6 is 0 Å². The predicted molar refractivity (Wildman–Crippen MR) is 112 cm³/mol. The average Bonchev–Trinajstić information content (AvgIpc) is 3.13. The van der Waals surface area contributed by atoms with Gasteiger partial charge in [-0.3, -0.25) is 14.0 Å². The van der Waals surface area contributed by atoms with E-state index in [2.05, 4.69) is 16.0 Å². The summed E-state index contributed by atoms with van der Waals surface area (Å²) in [6.45, 7) is 7.57. The fourth-order valence-corrected chi connectivity index (χ4v) is 4.78. The SMILES string of the molecule is CC(=O)N1C[C@@H]2C[C@H](C1)c1cc(-c3cnc4c(OC(C)C)nccn34)cc(=O)n1C2. The zero-order chi connectivity index (χ0) is 21.0. The van der Waals surface area contributed by atoms with E-state index in [0.29, 0.717) is 30.5 Å². The van der Waals surface area contributed by atoms with Crippen molar-refractivity contribution >= 4 is 11.6 Å². The van der Waals surface area contributed by atoms with Crippen LogP contribution in [0.1, 0.15) is 38.8 Å². The van der Waals surface area contributed by atoms with E-state index in [0.717, 1.165) is 29.9 Å². The average molecular weight is 407 g/mol. The van der Waals surface area contributed by atoms with Gasteiger partial charge in [0, 0.05) is 62.2 Å². The molecule has 0 unspecified atom stereocenters. The van der Waals surface area contributed by atoms with Crippen molar-refractivity contribution in [3.8, 4) is 17.1 Å². The van der Waals surface area contributed by atoms with Gasteiger partial charge in [0.2, 0.25) is 11.6 Å². The number of amides is 1. The van der Waals surface area contributed by atoms with Gasteiger partial charge in [-0.05, 0) is 32.3 Å². The highest BCUT2D eigenvalue weighted by Crippen LogP contribution is 2.36. The van der Waals surface area contributed by atoms with Crippen LogP contribution < -0.4 is 10.3 Å². The smallest absolute Gasteiger partial charge is 0.258 e. The number of aromatic nitrogens is 4. The molecule has 30 heavy (non-hydrogen) atoms. The molecule has 0 radical (unpaired) electrons. The summed E-state index contributed by atoms with van der Waals surface area (Å²) in [5.41, 5.74) is 3.26. The van der Waals surface area contributed by atoms with Gasteiger partial charge >= 0.3 is 0 Å². The second-order valence-corrected chi connectivity index (χ2v) is 8.58. The van der Waals surface area contributed by atoms with E-state index < -0.39 is 0 Å². The van der Waals surface area contributed by atoms with Gasteiger partial charge in [-0.2, -0.15) is 0 Å². The summed E-state index contributed by atoms with van der Waals surface area (Å²) in [5, 5.41) is 0. The summed E-state index contributed by atoms with van der Waals surface area (Å²) in [5.74, 6) is 1.08. The van der Waals surface area contributed by atoms with Crippen LogP contribution in [0, 0.1) is 5.92 Å². The summed E-state index contributed by atoms with van der Waals surface area (Å²) in [4.78, 5) is 35.6. The molecule has 2 bridgehead atoms. The first-order valence-electron chi connectivity index (χ1n) is 10.4. The van der Waals surface area contributed by atoms with Crippen molar-refractivity contribution in [1.29, 1.82) is 0 Å². The molecule has 0 spiro atoms. The lowest BCUT2D eigenvalue weighted by Crippen LogP contribution is -2.48. The molecule has 3 aromatic heterocycles. The molecular formula is C22H25N5O3. The van der Waals surface area contributed by atoms with Crippen LogP contribution in [-0.2, 0) is 11.3 Å². The standard InChI is InChI=1S/C22H25N5O3/c1-13(2)30-22-21-24-9-19(26(21)5-4-23-22)16-7-18-17-6-15(10-25(12-17)14(3)28)11-27(18)20(29)8-16/h4-5,7-9,13,15,17H,6,10-12H2,1-3H3/t15-,17+/m0/s1. The first-order valence-corrected chi connectivity index (χ1v) is 10.4. The third kappa shape index (κ3) is 3.07. The predicted octanol–water partition coefficient (Wildman–Crippen LogP) is 2.31. The Labute approximate surface area is 174 Å². The van der Waals surface area contributed by atoms with Gasteiger partial charge < -0.3 is 14.2 Å². The van der Waals surface area contributed by atoms with Crippen molar-refractivity contribution in [3.63, 3.8) is 0 Å². The van der Waals surface area contributed by atoms with Crippen LogP contribution in [0.3, 0.4) is 0 Å². The zero-order valence-electron chi connectivity index (χ0n) is 17.4. The minimum Gasteiger partial charge on any atom is -0.472 e. The maximum absolute atomic E-state index is 13.0. The second kappa shape index (κ2) is 6.97. The van der Waals surface area contributed by atoms with E-state index in [4.69, 9.17) is 4.74 Å². The van der Waals surface area contributed by atoms with Crippen LogP contribution in [0.15, 0.2) is 35.5 Å². The van der Waals surface area contributed by atoms with Crippen molar-refractivity contribution in [1.82, 2.24) is 23.8 Å². The molecule has 8 heteroatoms. The van der Waals surface area contributed by atoms with Gasteiger partial charge in [0.15, 0.2) is 0 Å². The minimum atomic E-state index is -0.0132. The molecule has 0 saturated carbocycles. The molecular weight excluding hydrogens is 382 g/mol. The molecule has 2 aliphatic heterocycles. The number of likely N-dealkylation sites (tertiary alicyclic amines) is 1. The van der Waals surface area contributed by atoms with Gasteiger partial charge in [-0.15, -0.1) is 0 Å². The second-order valence-electron chi connectivity index (χ2n) is 8.58. The number of hydrogen-bond acceptors (Lipinski definition) is 5. The summed E-state index contributed by atoms with van der Waals surface area (Å²) in [6.07, 6.45) is 6.26. The van der Waals surface area contributed by atoms with Crippen LogP contribution in [0.5, 0.6) is 5.88 Å². The highest BCUT2D eigenvalue weighted by Gasteiger charge is 2.35. The van der Waals surface area contributed by atoms with Gasteiger partial charge in [0.05, 0.1) is 18.0 Å². The van der Waals surface area contributed by atoms with Crippen molar-refractivity contribution in [2.45, 2.75) is 45.8 Å². The summed E-state index contributed by atoms with van der Waals surface area (Å²) in [6, 6.07) is 3.76. The number of carbonyl (C=O) groups is 1. The number of carbonyl (C=O) groups excluding carboxylic acids is 1. The van der Waals surface area contributed by atoms with Gasteiger partial charge in [-0.1, -0.05) is 0 Å². The Morgan fingerprint density at radius 2 is 2.03 bits per heavy atom. The molecule has 5 rings (SSSR count). The highest BCUT2D eigenvalue weighted by atomic mass is 16.5. The van der Waals surface area contributed by atoms with E-state index >= 15 is 0 Å². The molecule has 2 aliphatic rings. The van der Waals surface area contributed by atoms with Crippen molar-refractivity contribution in [2.75, 3.05) is 13.1 Å². The Balaban J connectivity index is 1.60. The third-order valence-electron chi connectivity index (χ3n) is 6.04. The van der Waals surface area contributed by atoms with E-state index in [9.17, 15) is 9.59 Å². The Kier molecular flexibility index (Phi) is 4.38. The number of hydrogen-bond donors (Lipinski definition) is 0. The minimum absolute atomic E-state index is 0.00358. The lowest BCUT2D eigenvalue weighted by atomic mass is 9.82. The zero-order valence-corrected chi connectivity index (χ0v) is 17.4. The first kappa shape index (κ1) is 18.8. The number of piperidine rings is 1. The maximum atomic E-state index is 13.0. The van der Waals surface area contributed by atoms with Crippen molar-refractivity contribution < 1.29 is 9.53 Å². The molecule has 1 amide bonds. The van der Waals surface area contributed by atoms with E-state index in [1.807, 2.05) is 33.9 Å². The molecule has 1 saturated heterocycles. The Morgan fingerprint density at radius 3 is 2.80 bits per heavy atom. The number of imidazole rings is 1. The molecule has 3 aromatic rings. The Hall–Kier alpha value is -3.16. The van der Waals surface area contributed by atoms with Crippen LogP contribution in [0.25, 0.3) is 16.9 Å². The fourth-order valence-electron chi connectivity index (χ4n) is 4.78. The number of fused-ring (bicyclic) bond motifs is 5. The van der Waals surface area contributed by atoms with Gasteiger partial charge in [0.25, 0.3) is 11.4 Å². The molecule has 5 heterocycles. The van der Waals surface area contributed by atoms with Gasteiger partial charge in [-0.25, -0.2) is 9.97 Å². The fraction of sp³-hybridized carbons (Fsp3) is 0.455. The topological polar surface area (TPSA) is 81.7 Å². The molecule has 0 N–H and O–H groups in total. The van der Waals surface area contributed by atoms with Gasteiger partial charge in [0.1, 0.15) is 0 Å². The van der Waals surface area contributed by atoms with E-state index in [1.165, 1.54) is 0 Å². The lowest BCUT2D eigenvalue weighted by molar-refractivity contribution is -0.131. The normalized spacial score (nSPS) is 20.5. The largest absolute Gasteiger partial charge is 0.472 e. The molecule has 0 aliphatic carbocycles. The van der Waals surface area contributed by atoms with Crippen LogP contribution in [0.4, 0.5) is 0 Å². The highest BCUT2D eigenvalue weighted by molar-refractivity contribution is 5.73. The third-order valence-corrected chi connectivity index (χ3v) is 6.04. The monoisotopic (exact) mass is 407 g/mol. The molecule has 156 valence electrons.